The fourth-order valence-corrected chi connectivity index (χ4v) is 2.50. The van der Waals surface area contributed by atoms with Crippen molar-refractivity contribution in [2.24, 2.45) is 11.8 Å². The smallest absolute Gasteiger partial charge is 0.312 e. The molecule has 60 valence electrons. The van der Waals surface area contributed by atoms with Crippen LogP contribution in [0.1, 0.15) is 12.8 Å². The van der Waals surface area contributed by atoms with Crippen LogP contribution in [0.4, 0.5) is 0 Å². The number of ether oxygens (including phenoxy) is 2. The molecule has 3 heteroatoms. The minimum absolute atomic E-state index is 0.0257. The van der Waals surface area contributed by atoms with Gasteiger partial charge in [-0.15, -0.1) is 0 Å². The molecule has 0 aromatic heterocycles. The van der Waals surface area contributed by atoms with E-state index in [1.807, 2.05) is 0 Å². The van der Waals surface area contributed by atoms with Crippen molar-refractivity contribution in [2.75, 3.05) is 6.61 Å². The van der Waals surface area contributed by atoms with E-state index in [2.05, 4.69) is 0 Å². The Morgan fingerprint density at radius 1 is 1.36 bits per heavy atom. The Kier molecular flexibility index (Phi) is 0.969. The second kappa shape index (κ2) is 1.78. The van der Waals surface area contributed by atoms with Crippen molar-refractivity contribution in [3.63, 3.8) is 0 Å². The van der Waals surface area contributed by atoms with Crippen LogP contribution in [0.2, 0.25) is 0 Å². The summed E-state index contributed by atoms with van der Waals surface area (Å²) >= 11 is 0. The Hall–Kier alpha value is -0.570. The van der Waals surface area contributed by atoms with Gasteiger partial charge in [-0.2, -0.15) is 0 Å². The summed E-state index contributed by atoms with van der Waals surface area (Å²) in [6.45, 7) is 0.842. The lowest BCUT2D eigenvalue weighted by Gasteiger charge is -2.38. The predicted octanol–water partition coefficient (Wildman–Crippen LogP) is 0.337. The number of carbonyl (C=O) groups excluding carboxylic acids is 1. The van der Waals surface area contributed by atoms with Gasteiger partial charge in [-0.25, -0.2) is 0 Å². The average molecular weight is 154 g/mol. The molecule has 3 heterocycles. The SMILES string of the molecule is O=C1OC2CC3COC2C1C3. The Bertz CT molecular complexity index is 213. The van der Waals surface area contributed by atoms with Crippen molar-refractivity contribution in [3.05, 3.63) is 0 Å². The van der Waals surface area contributed by atoms with Crippen LogP contribution in [-0.2, 0) is 14.3 Å². The van der Waals surface area contributed by atoms with Crippen LogP contribution in [0.3, 0.4) is 0 Å². The Morgan fingerprint density at radius 2 is 2.27 bits per heavy atom. The zero-order chi connectivity index (χ0) is 7.42. The van der Waals surface area contributed by atoms with Crippen LogP contribution < -0.4 is 0 Å². The molecular formula is C8H10O3. The molecular weight excluding hydrogens is 144 g/mol. The molecule has 0 aromatic carbocycles. The lowest BCUT2D eigenvalue weighted by molar-refractivity contribution is -0.143. The molecule has 4 fully saturated rings. The first kappa shape index (κ1) is 6.00. The second-order valence-electron chi connectivity index (χ2n) is 3.72. The largest absolute Gasteiger partial charge is 0.459 e. The van der Waals surface area contributed by atoms with E-state index in [0.717, 1.165) is 19.4 Å². The van der Waals surface area contributed by atoms with Crippen LogP contribution in [0.25, 0.3) is 0 Å². The van der Waals surface area contributed by atoms with Crippen molar-refractivity contribution in [1.29, 1.82) is 0 Å². The molecule has 11 heavy (non-hydrogen) atoms. The highest BCUT2D eigenvalue weighted by atomic mass is 16.6. The minimum Gasteiger partial charge on any atom is -0.459 e. The molecule has 1 aliphatic carbocycles. The van der Waals surface area contributed by atoms with Gasteiger partial charge in [0, 0.05) is 0 Å². The molecule has 3 saturated heterocycles. The zero-order valence-corrected chi connectivity index (χ0v) is 6.16. The lowest BCUT2D eigenvalue weighted by Crippen LogP contribution is -2.45. The van der Waals surface area contributed by atoms with E-state index in [1.54, 1.807) is 0 Å². The van der Waals surface area contributed by atoms with Gasteiger partial charge in [-0.1, -0.05) is 0 Å². The summed E-state index contributed by atoms with van der Waals surface area (Å²) in [6.07, 6.45) is 2.24. The topological polar surface area (TPSA) is 35.5 Å². The summed E-state index contributed by atoms with van der Waals surface area (Å²) in [5.41, 5.74) is 0. The average Bonchev–Trinajstić information content (AvgIpc) is 2.25. The normalized spacial score (nSPS) is 52.9. The van der Waals surface area contributed by atoms with Crippen molar-refractivity contribution in [1.82, 2.24) is 0 Å². The van der Waals surface area contributed by atoms with Crippen LogP contribution in [0, 0.1) is 11.8 Å². The van der Waals surface area contributed by atoms with Crippen LogP contribution >= 0.6 is 0 Å². The molecule has 4 aliphatic rings. The van der Waals surface area contributed by atoms with Gasteiger partial charge in [-0.3, -0.25) is 4.79 Å². The van der Waals surface area contributed by atoms with Crippen molar-refractivity contribution in [3.8, 4) is 0 Å². The molecule has 0 aromatic rings. The van der Waals surface area contributed by atoms with Gasteiger partial charge in [0.1, 0.15) is 12.2 Å². The number of esters is 1. The fourth-order valence-electron chi connectivity index (χ4n) is 2.50. The molecule has 0 N–H and O–H groups in total. The fraction of sp³-hybridized carbons (Fsp3) is 0.875. The monoisotopic (exact) mass is 154 g/mol. The first-order valence-corrected chi connectivity index (χ1v) is 4.16. The maximum Gasteiger partial charge on any atom is 0.312 e. The van der Waals surface area contributed by atoms with Gasteiger partial charge in [0.25, 0.3) is 0 Å². The molecule has 3 nitrogen and oxygen atoms in total. The third-order valence-corrected chi connectivity index (χ3v) is 3.01. The summed E-state index contributed by atoms with van der Waals surface area (Å²) in [6, 6.07) is 0. The van der Waals surface area contributed by atoms with E-state index in [9.17, 15) is 4.79 Å². The highest BCUT2D eigenvalue weighted by molar-refractivity contribution is 5.76. The Morgan fingerprint density at radius 3 is 2.91 bits per heavy atom. The Labute approximate surface area is 64.7 Å². The van der Waals surface area contributed by atoms with Gasteiger partial charge in [-0.05, 0) is 18.8 Å². The minimum atomic E-state index is -0.0257. The summed E-state index contributed by atoms with van der Waals surface area (Å²) in [5, 5.41) is 0. The maximum atomic E-state index is 11.1. The first-order valence-electron chi connectivity index (χ1n) is 4.16. The molecule has 3 aliphatic heterocycles. The van der Waals surface area contributed by atoms with E-state index < -0.39 is 0 Å². The van der Waals surface area contributed by atoms with Crippen LogP contribution in [0.5, 0.6) is 0 Å². The number of hydrogen-bond donors (Lipinski definition) is 0. The number of hydrogen-bond acceptors (Lipinski definition) is 3. The summed E-state index contributed by atoms with van der Waals surface area (Å²) in [7, 11) is 0. The van der Waals surface area contributed by atoms with Crippen LogP contribution in [0.15, 0.2) is 0 Å². The van der Waals surface area contributed by atoms with E-state index in [-0.39, 0.29) is 24.1 Å². The molecule has 0 radical (unpaired) electrons. The summed E-state index contributed by atoms with van der Waals surface area (Å²) < 4.78 is 10.6. The van der Waals surface area contributed by atoms with Gasteiger partial charge in [0.05, 0.1) is 12.5 Å². The van der Waals surface area contributed by atoms with Crippen molar-refractivity contribution in [2.45, 2.75) is 25.0 Å². The number of fused-ring (bicyclic) bond motifs is 1. The molecule has 4 bridgehead atoms. The van der Waals surface area contributed by atoms with E-state index >= 15 is 0 Å². The molecule has 4 unspecified atom stereocenters. The first-order chi connectivity index (χ1) is 5.34. The highest BCUT2D eigenvalue weighted by Gasteiger charge is 2.54. The van der Waals surface area contributed by atoms with Gasteiger partial charge in [0.2, 0.25) is 0 Å². The zero-order valence-electron chi connectivity index (χ0n) is 6.16. The van der Waals surface area contributed by atoms with E-state index in [0.29, 0.717) is 5.92 Å². The molecule has 0 spiro atoms. The van der Waals surface area contributed by atoms with E-state index in [1.165, 1.54) is 0 Å². The van der Waals surface area contributed by atoms with E-state index in [4.69, 9.17) is 9.47 Å². The Balaban J connectivity index is 1.99. The molecule has 4 atom stereocenters. The van der Waals surface area contributed by atoms with Crippen molar-refractivity contribution >= 4 is 5.97 Å². The van der Waals surface area contributed by atoms with Gasteiger partial charge in [0.15, 0.2) is 0 Å². The van der Waals surface area contributed by atoms with Gasteiger partial charge < -0.3 is 9.47 Å². The molecule has 0 amide bonds. The standard InChI is InChI=1S/C8H10O3/c9-8-5-1-4-2-6(11-8)7(5)10-3-4/h4-7H,1-3H2. The van der Waals surface area contributed by atoms with Crippen LogP contribution in [-0.4, -0.2) is 24.8 Å². The quantitative estimate of drug-likeness (QED) is 0.472. The van der Waals surface area contributed by atoms with Gasteiger partial charge >= 0.3 is 5.97 Å². The molecule has 1 saturated carbocycles. The third-order valence-electron chi connectivity index (χ3n) is 3.01. The lowest BCUT2D eigenvalue weighted by atomic mass is 9.77. The second-order valence-corrected chi connectivity index (χ2v) is 3.72. The third kappa shape index (κ3) is 0.644. The summed E-state index contributed by atoms with van der Waals surface area (Å²) in [5.74, 6) is 0.635. The highest BCUT2D eigenvalue weighted by Crippen LogP contribution is 2.44. The number of rotatable bonds is 0. The molecule has 4 rings (SSSR count). The maximum absolute atomic E-state index is 11.1. The van der Waals surface area contributed by atoms with Crippen molar-refractivity contribution < 1.29 is 14.3 Å². The number of carbonyl (C=O) groups is 1. The predicted molar refractivity (Wildman–Crippen MR) is 35.8 cm³/mol. The summed E-state index contributed by atoms with van der Waals surface area (Å²) in [4.78, 5) is 11.1.